The van der Waals surface area contributed by atoms with Gasteiger partial charge in [-0.2, -0.15) is 0 Å². The number of aliphatic hydroxyl groups excluding tert-OH is 2. The van der Waals surface area contributed by atoms with Gasteiger partial charge in [0.1, 0.15) is 0 Å². The van der Waals surface area contributed by atoms with Crippen molar-refractivity contribution < 1.29 is 60.1 Å². The minimum atomic E-state index is -2.46. The molecule has 0 aromatic rings. The molecule has 0 radical (unpaired) electrons. The summed E-state index contributed by atoms with van der Waals surface area (Å²) in [5.41, 5.74) is 0. The van der Waals surface area contributed by atoms with Gasteiger partial charge in [-0.05, 0) is 0 Å². The van der Waals surface area contributed by atoms with Gasteiger partial charge in [0.15, 0.2) is 6.10 Å². The van der Waals surface area contributed by atoms with Crippen LogP contribution in [0.3, 0.4) is 0 Å². The standard InChI is InChI=1S/C4H4O6.C4H6O5.H2O/c5-1(3(7)8)2(6)4(9)10;5-2(4(8)9)1-3(6)7;/h1,5H,(H,7,8)(H,9,10);2,5H,1H2,(H,6,7)(H,8,9);1H2/t;2-;/m.0./s1. The minimum Gasteiger partial charge on any atom is -0.481 e. The van der Waals surface area contributed by atoms with E-state index in [4.69, 9.17) is 30.6 Å². The topological polar surface area (TPSA) is 238 Å². The number of hydrogen-bond acceptors (Lipinski definition) is 7. The van der Waals surface area contributed by atoms with E-state index in [1.54, 1.807) is 0 Å². The summed E-state index contributed by atoms with van der Waals surface area (Å²) in [5.74, 6) is -8.42. The van der Waals surface area contributed by atoms with E-state index in [1.807, 2.05) is 0 Å². The lowest BCUT2D eigenvalue weighted by Crippen LogP contribution is -2.34. The van der Waals surface area contributed by atoms with Crippen molar-refractivity contribution >= 4 is 29.7 Å². The molecule has 0 aromatic carbocycles. The molecule has 0 fully saturated rings. The molecular weight excluding hydrogens is 288 g/mol. The highest BCUT2D eigenvalue weighted by molar-refractivity contribution is 6.38. The van der Waals surface area contributed by atoms with Crippen LogP contribution in [0.25, 0.3) is 0 Å². The number of rotatable bonds is 6. The zero-order valence-corrected chi connectivity index (χ0v) is 9.59. The van der Waals surface area contributed by atoms with Gasteiger partial charge in [0.05, 0.1) is 6.42 Å². The third-order valence-corrected chi connectivity index (χ3v) is 1.35. The Kier molecular flexibility index (Phi) is 11.7. The van der Waals surface area contributed by atoms with Crippen LogP contribution in [-0.4, -0.2) is 78.0 Å². The van der Waals surface area contributed by atoms with E-state index < -0.39 is 48.3 Å². The van der Waals surface area contributed by atoms with Crippen LogP contribution < -0.4 is 0 Å². The predicted molar refractivity (Wildman–Crippen MR) is 55.8 cm³/mol. The van der Waals surface area contributed by atoms with Gasteiger partial charge in [-0.3, -0.25) is 9.59 Å². The zero-order chi connectivity index (χ0) is 15.7. The third-order valence-electron chi connectivity index (χ3n) is 1.35. The molecule has 12 nitrogen and oxygen atoms in total. The molecule has 0 amide bonds. The Hall–Kier alpha value is -2.57. The van der Waals surface area contributed by atoms with Crippen molar-refractivity contribution in [3.8, 4) is 0 Å². The fourth-order valence-electron chi connectivity index (χ4n) is 0.482. The minimum absolute atomic E-state index is 0. The van der Waals surface area contributed by atoms with Gasteiger partial charge in [0.25, 0.3) is 5.78 Å². The molecule has 0 spiro atoms. The summed E-state index contributed by atoms with van der Waals surface area (Å²) in [6.45, 7) is 0. The highest BCUT2D eigenvalue weighted by atomic mass is 16.4. The van der Waals surface area contributed by atoms with Crippen LogP contribution in [0.4, 0.5) is 0 Å². The van der Waals surface area contributed by atoms with Crippen molar-refractivity contribution in [1.82, 2.24) is 0 Å². The fourth-order valence-corrected chi connectivity index (χ4v) is 0.482. The SMILES string of the molecule is O.O=C(O)C(=O)C(O)C(=O)O.O=C(O)C[C@H](O)C(=O)O. The van der Waals surface area contributed by atoms with E-state index >= 15 is 0 Å². The molecule has 116 valence electrons. The first-order valence-electron chi connectivity index (χ1n) is 4.31. The second kappa shape index (κ2) is 10.4. The van der Waals surface area contributed by atoms with E-state index in [-0.39, 0.29) is 5.48 Å². The van der Waals surface area contributed by atoms with Crippen LogP contribution in [0.1, 0.15) is 6.42 Å². The molecule has 0 aliphatic carbocycles. The number of carbonyl (C=O) groups is 5. The van der Waals surface area contributed by atoms with Gasteiger partial charge in [0.2, 0.25) is 6.10 Å². The number of Topliss-reactive ketones (excluding diaryl/α,β-unsaturated/α-hetero) is 1. The largest absolute Gasteiger partial charge is 0.481 e. The van der Waals surface area contributed by atoms with Crippen LogP contribution >= 0.6 is 0 Å². The maximum atomic E-state index is 10.1. The molecule has 2 atom stereocenters. The second-order valence-corrected chi connectivity index (χ2v) is 2.86. The molecule has 0 saturated heterocycles. The van der Waals surface area contributed by atoms with Crippen molar-refractivity contribution in [2.75, 3.05) is 0 Å². The lowest BCUT2D eigenvalue weighted by molar-refractivity contribution is -0.161. The zero-order valence-electron chi connectivity index (χ0n) is 9.59. The van der Waals surface area contributed by atoms with Gasteiger partial charge < -0.3 is 36.1 Å². The number of aliphatic carboxylic acids is 4. The summed E-state index contributed by atoms with van der Waals surface area (Å²) in [6, 6.07) is 0. The molecule has 0 aliphatic rings. The predicted octanol–water partition coefficient (Wildman–Crippen LogP) is -3.83. The van der Waals surface area contributed by atoms with Crippen LogP contribution in [0.5, 0.6) is 0 Å². The Morgan fingerprint density at radius 2 is 1.20 bits per heavy atom. The van der Waals surface area contributed by atoms with E-state index in [2.05, 4.69) is 0 Å². The lowest BCUT2D eigenvalue weighted by atomic mass is 10.2. The Morgan fingerprint density at radius 3 is 1.30 bits per heavy atom. The Morgan fingerprint density at radius 1 is 0.800 bits per heavy atom. The van der Waals surface area contributed by atoms with Crippen molar-refractivity contribution in [2.24, 2.45) is 0 Å². The number of carboxylic acids is 4. The van der Waals surface area contributed by atoms with Gasteiger partial charge in [-0.1, -0.05) is 0 Å². The highest BCUT2D eigenvalue weighted by Crippen LogP contribution is 1.89. The van der Waals surface area contributed by atoms with Crippen LogP contribution in [0, 0.1) is 0 Å². The number of carbonyl (C=O) groups excluding carboxylic acids is 1. The average molecular weight is 300 g/mol. The van der Waals surface area contributed by atoms with Gasteiger partial charge in [-0.15, -0.1) is 0 Å². The average Bonchev–Trinajstić information content (AvgIpc) is 2.26. The summed E-state index contributed by atoms with van der Waals surface area (Å²) >= 11 is 0. The molecular formula is C8H12O12. The summed E-state index contributed by atoms with van der Waals surface area (Å²) in [6.07, 6.45) is -5.00. The molecule has 0 rings (SSSR count). The first-order chi connectivity index (χ1) is 8.50. The van der Waals surface area contributed by atoms with Crippen LogP contribution in [0.15, 0.2) is 0 Å². The van der Waals surface area contributed by atoms with E-state index in [1.165, 1.54) is 0 Å². The van der Waals surface area contributed by atoms with Crippen LogP contribution in [-0.2, 0) is 24.0 Å². The van der Waals surface area contributed by atoms with Gasteiger partial charge in [-0.25, -0.2) is 14.4 Å². The monoisotopic (exact) mass is 300 g/mol. The summed E-state index contributed by atoms with van der Waals surface area (Å²) in [5, 5.41) is 48.1. The summed E-state index contributed by atoms with van der Waals surface area (Å²) < 4.78 is 0. The van der Waals surface area contributed by atoms with Crippen LogP contribution in [0.2, 0.25) is 0 Å². The number of carboxylic acid groups (broad SMARTS) is 4. The maximum Gasteiger partial charge on any atom is 0.375 e. The maximum absolute atomic E-state index is 10.1. The number of ketones is 1. The smallest absolute Gasteiger partial charge is 0.375 e. The molecule has 0 saturated carbocycles. The first-order valence-corrected chi connectivity index (χ1v) is 4.31. The van der Waals surface area contributed by atoms with Gasteiger partial charge in [0, 0.05) is 0 Å². The van der Waals surface area contributed by atoms with Crippen molar-refractivity contribution in [2.45, 2.75) is 18.6 Å². The molecule has 20 heavy (non-hydrogen) atoms. The normalized spacial score (nSPS) is 11.7. The fraction of sp³-hybridized carbons (Fsp3) is 0.375. The Labute approximate surface area is 109 Å². The van der Waals surface area contributed by atoms with E-state index in [9.17, 15) is 24.0 Å². The van der Waals surface area contributed by atoms with Crippen molar-refractivity contribution in [3.63, 3.8) is 0 Å². The molecule has 8 N–H and O–H groups in total. The van der Waals surface area contributed by atoms with Crippen molar-refractivity contribution in [3.05, 3.63) is 0 Å². The molecule has 1 unspecified atom stereocenters. The Balaban J connectivity index is -0.000000277. The second-order valence-electron chi connectivity index (χ2n) is 2.86. The van der Waals surface area contributed by atoms with E-state index in [0.717, 1.165) is 0 Å². The molecule has 12 heteroatoms. The lowest BCUT2D eigenvalue weighted by Gasteiger charge is -1.97. The molecule has 0 heterocycles. The van der Waals surface area contributed by atoms with E-state index in [0.29, 0.717) is 0 Å². The quantitative estimate of drug-likeness (QED) is 0.205. The molecule has 0 aromatic heterocycles. The summed E-state index contributed by atoms with van der Waals surface area (Å²) in [4.78, 5) is 48.8. The number of aliphatic hydroxyl groups is 2. The van der Waals surface area contributed by atoms with Crippen molar-refractivity contribution in [1.29, 1.82) is 0 Å². The third kappa shape index (κ3) is 10.6. The Bertz CT molecular complexity index is 385. The molecule has 0 aliphatic heterocycles. The number of hydrogen-bond donors (Lipinski definition) is 6. The summed E-state index contributed by atoms with van der Waals surface area (Å²) in [7, 11) is 0. The first kappa shape index (κ1) is 22.6. The highest BCUT2D eigenvalue weighted by Gasteiger charge is 2.28. The molecule has 0 bridgehead atoms. The van der Waals surface area contributed by atoms with Gasteiger partial charge >= 0.3 is 23.9 Å².